The predicted molar refractivity (Wildman–Crippen MR) is 95.4 cm³/mol. The Morgan fingerprint density at radius 3 is 1.71 bits per heavy atom. The van der Waals surface area contributed by atoms with E-state index in [1.54, 1.807) is 0 Å². The number of carbonyl (C=O) groups is 1. The summed E-state index contributed by atoms with van der Waals surface area (Å²) in [6, 6.07) is 0. The van der Waals surface area contributed by atoms with Gasteiger partial charge < -0.3 is 0 Å². The number of aliphatic carboxylic acids is 1. The Bertz CT molecular complexity index is 323. The molecule has 0 unspecified atom stereocenters. The van der Waals surface area contributed by atoms with Crippen LogP contribution in [0.3, 0.4) is 0 Å². The molecule has 0 bridgehead atoms. The molecular formula is C18H34O2Sn. The van der Waals surface area contributed by atoms with Crippen LogP contribution in [0.2, 0.25) is 13.3 Å². The van der Waals surface area contributed by atoms with Crippen LogP contribution < -0.4 is 0 Å². The maximum absolute atomic E-state index is 10.8. The summed E-state index contributed by atoms with van der Waals surface area (Å²) in [4.78, 5) is 10.8. The van der Waals surface area contributed by atoms with Crippen molar-refractivity contribution in [1.29, 1.82) is 0 Å². The molecule has 0 saturated carbocycles. The summed E-state index contributed by atoms with van der Waals surface area (Å²) in [6.45, 7) is 8.72. The van der Waals surface area contributed by atoms with Crippen molar-refractivity contribution >= 4 is 24.3 Å². The van der Waals surface area contributed by atoms with Crippen LogP contribution in [-0.2, 0) is 4.79 Å². The van der Waals surface area contributed by atoms with Crippen molar-refractivity contribution in [2.75, 3.05) is 0 Å². The predicted octanol–water partition coefficient (Wildman–Crippen LogP) is 5.96. The average molecular weight is 401 g/mol. The van der Waals surface area contributed by atoms with E-state index in [9.17, 15) is 4.79 Å². The van der Waals surface area contributed by atoms with E-state index >= 15 is 0 Å². The van der Waals surface area contributed by atoms with Crippen molar-refractivity contribution in [2.45, 2.75) is 79.5 Å². The Kier molecular flexibility index (Phi) is 12.2. The van der Waals surface area contributed by atoms with E-state index in [1.807, 2.05) is 6.92 Å². The van der Waals surface area contributed by atoms with E-state index in [4.69, 9.17) is 5.11 Å². The number of unbranched alkanes of at least 4 members (excludes halogenated alkanes) is 3. The molecule has 0 spiro atoms. The fourth-order valence-electron chi connectivity index (χ4n) is 2.76. The first-order valence-electron chi connectivity index (χ1n) is 8.60. The Morgan fingerprint density at radius 1 is 0.952 bits per heavy atom. The van der Waals surface area contributed by atoms with Crippen molar-refractivity contribution < 1.29 is 9.90 Å². The summed E-state index contributed by atoms with van der Waals surface area (Å²) in [5.74, 6) is -0.839. The van der Waals surface area contributed by atoms with Crippen molar-refractivity contribution in [3.8, 4) is 0 Å². The maximum atomic E-state index is 10.8. The minimum atomic E-state index is -2.23. The Hall–Kier alpha value is -0.251. The van der Waals surface area contributed by atoms with E-state index in [2.05, 4.69) is 30.9 Å². The summed E-state index contributed by atoms with van der Waals surface area (Å²) in [5, 5.41) is 8.84. The van der Waals surface area contributed by atoms with Crippen LogP contribution in [0, 0.1) is 0 Å². The molecule has 0 aromatic carbocycles. The zero-order chi connectivity index (χ0) is 16.1. The third kappa shape index (κ3) is 10.2. The number of carboxylic acids is 1. The fourth-order valence-corrected chi connectivity index (χ4v) is 17.1. The van der Waals surface area contributed by atoms with Gasteiger partial charge in [-0.1, -0.05) is 0 Å². The molecule has 0 aliphatic heterocycles. The monoisotopic (exact) mass is 402 g/mol. The third-order valence-corrected chi connectivity index (χ3v) is 18.2. The molecule has 0 aliphatic carbocycles. The molecule has 2 nitrogen and oxygen atoms in total. The van der Waals surface area contributed by atoms with E-state index in [0.29, 0.717) is 0 Å². The van der Waals surface area contributed by atoms with Gasteiger partial charge in [-0.25, -0.2) is 0 Å². The fraction of sp³-hybridized carbons (Fsp3) is 0.722. The zero-order valence-electron chi connectivity index (χ0n) is 14.5. The topological polar surface area (TPSA) is 37.3 Å². The van der Waals surface area contributed by atoms with Gasteiger partial charge in [-0.3, -0.25) is 0 Å². The molecule has 3 heteroatoms. The van der Waals surface area contributed by atoms with Crippen LogP contribution in [0.15, 0.2) is 21.8 Å². The third-order valence-electron chi connectivity index (χ3n) is 4.14. The van der Waals surface area contributed by atoms with Crippen LogP contribution in [0.25, 0.3) is 0 Å². The second-order valence-electron chi connectivity index (χ2n) is 6.23. The quantitative estimate of drug-likeness (QED) is 0.249. The van der Waals surface area contributed by atoms with E-state index in [-0.39, 0.29) is 0 Å². The molecule has 0 radical (unpaired) electrons. The number of hydrogen-bond donors (Lipinski definition) is 1. The van der Waals surface area contributed by atoms with E-state index in [0.717, 1.165) is 5.57 Å². The summed E-state index contributed by atoms with van der Waals surface area (Å²) < 4.78 is 6.82. The Balaban J connectivity index is 5.09. The molecule has 0 saturated heterocycles. The van der Waals surface area contributed by atoms with Crippen molar-refractivity contribution in [2.24, 2.45) is 0 Å². The molecule has 21 heavy (non-hydrogen) atoms. The Morgan fingerprint density at radius 2 is 1.38 bits per heavy atom. The first-order chi connectivity index (χ1) is 9.99. The number of allylic oxidation sites excluding steroid dienone is 2. The average Bonchev–Trinajstić information content (AvgIpc) is 2.45. The van der Waals surface area contributed by atoms with Gasteiger partial charge in [0.2, 0.25) is 0 Å². The van der Waals surface area contributed by atoms with Gasteiger partial charge in [-0.05, 0) is 0 Å². The van der Waals surface area contributed by atoms with E-state index in [1.165, 1.54) is 57.9 Å². The van der Waals surface area contributed by atoms with Crippen LogP contribution in [-0.4, -0.2) is 29.5 Å². The summed E-state index contributed by atoms with van der Waals surface area (Å²) in [5.41, 5.74) is 0.882. The summed E-state index contributed by atoms with van der Waals surface area (Å²) in [7, 11) is 0. The second-order valence-corrected chi connectivity index (χ2v) is 19.2. The number of hydrogen-bond acceptors (Lipinski definition) is 1. The Labute approximate surface area is 135 Å². The summed E-state index contributed by atoms with van der Waals surface area (Å²) in [6.07, 6.45) is 11.3. The van der Waals surface area contributed by atoms with Gasteiger partial charge in [0, 0.05) is 0 Å². The van der Waals surface area contributed by atoms with Gasteiger partial charge in [-0.15, -0.1) is 0 Å². The normalized spacial score (nSPS) is 13.0. The van der Waals surface area contributed by atoms with E-state index < -0.39 is 24.3 Å². The minimum absolute atomic E-state index is 0.839. The molecular weight excluding hydrogens is 367 g/mol. The second kappa shape index (κ2) is 12.3. The van der Waals surface area contributed by atoms with Crippen LogP contribution in [0.1, 0.15) is 66.2 Å². The van der Waals surface area contributed by atoms with Gasteiger partial charge in [-0.2, -0.15) is 0 Å². The van der Waals surface area contributed by atoms with Gasteiger partial charge in [0.1, 0.15) is 0 Å². The van der Waals surface area contributed by atoms with Crippen LogP contribution >= 0.6 is 0 Å². The molecule has 122 valence electrons. The molecule has 1 N–H and O–H groups in total. The number of rotatable bonds is 12. The molecule has 0 fully saturated rings. The van der Waals surface area contributed by atoms with Gasteiger partial charge in [0.15, 0.2) is 0 Å². The molecule has 0 aromatic heterocycles. The molecule has 0 rings (SSSR count). The van der Waals surface area contributed by atoms with Crippen molar-refractivity contribution in [3.63, 3.8) is 0 Å². The van der Waals surface area contributed by atoms with Gasteiger partial charge in [0.25, 0.3) is 0 Å². The van der Waals surface area contributed by atoms with Crippen molar-refractivity contribution in [1.82, 2.24) is 0 Å². The molecule has 0 amide bonds. The molecule has 0 aliphatic rings. The first kappa shape index (κ1) is 20.7. The summed E-state index contributed by atoms with van der Waals surface area (Å²) >= 11 is -2.23. The van der Waals surface area contributed by atoms with Gasteiger partial charge >= 0.3 is 136 Å². The van der Waals surface area contributed by atoms with Crippen molar-refractivity contribution in [3.05, 3.63) is 21.8 Å². The standard InChI is InChI=1S/C6H7O2.3C4H9.Sn/c1-3-5(2)4-6(7)8;3*1-3-4-2;/h1,3-4H,2H3,(H,7,8);3*1,3-4H2,2H3;/b3-1?,5-4+;;;;. The van der Waals surface area contributed by atoms with Crippen LogP contribution in [0.5, 0.6) is 0 Å². The molecule has 0 aromatic rings. The molecule has 0 atom stereocenters. The SMILES string of the molecule is CCC[CH2][Sn](/[CH]=C/C(C)=C/C(=O)O)([CH2]CCC)[CH2]CCC. The first-order valence-corrected chi connectivity index (χ1v) is 16.3. The number of carboxylic acid groups (broad SMARTS) is 1. The zero-order valence-corrected chi connectivity index (χ0v) is 17.3. The molecule has 0 heterocycles. The van der Waals surface area contributed by atoms with Crippen LogP contribution in [0.4, 0.5) is 0 Å². The van der Waals surface area contributed by atoms with Gasteiger partial charge in [0.05, 0.1) is 0 Å².